The number of carbonyl (C=O) groups excluding carboxylic acids is 1. The summed E-state index contributed by atoms with van der Waals surface area (Å²) in [5.41, 5.74) is 2.50. The van der Waals surface area contributed by atoms with E-state index in [-0.39, 0.29) is 5.91 Å². The van der Waals surface area contributed by atoms with E-state index in [1.54, 1.807) is 19.2 Å². The SMILES string of the molecule is COc1ccc(C(=O)NCc2ccc3[nH]ccc3c2)nc1. The monoisotopic (exact) mass is 281 g/mol. The molecule has 106 valence electrons. The third-order valence-electron chi connectivity index (χ3n) is 3.28. The lowest BCUT2D eigenvalue weighted by Gasteiger charge is -2.06. The number of methoxy groups -OCH3 is 1. The topological polar surface area (TPSA) is 67.0 Å². The molecular formula is C16H15N3O2. The zero-order valence-electron chi connectivity index (χ0n) is 11.6. The van der Waals surface area contributed by atoms with Crippen molar-refractivity contribution in [3.8, 4) is 5.75 Å². The van der Waals surface area contributed by atoms with Crippen molar-refractivity contribution < 1.29 is 9.53 Å². The van der Waals surface area contributed by atoms with Crippen LogP contribution < -0.4 is 10.1 Å². The predicted octanol–water partition coefficient (Wildman–Crippen LogP) is 2.50. The Hall–Kier alpha value is -2.82. The molecule has 3 rings (SSSR count). The Morgan fingerprint density at radius 2 is 2.19 bits per heavy atom. The van der Waals surface area contributed by atoms with Crippen molar-refractivity contribution in [1.29, 1.82) is 0 Å². The van der Waals surface area contributed by atoms with Crippen LogP contribution in [-0.4, -0.2) is 23.0 Å². The van der Waals surface area contributed by atoms with Gasteiger partial charge in [-0.15, -0.1) is 0 Å². The number of ether oxygens (including phenoxy) is 1. The van der Waals surface area contributed by atoms with Crippen LogP contribution in [0.3, 0.4) is 0 Å². The van der Waals surface area contributed by atoms with Crippen molar-refractivity contribution in [3.63, 3.8) is 0 Å². The summed E-state index contributed by atoms with van der Waals surface area (Å²) in [5.74, 6) is 0.427. The molecule has 0 aliphatic carbocycles. The van der Waals surface area contributed by atoms with E-state index in [0.717, 1.165) is 16.5 Å². The summed E-state index contributed by atoms with van der Waals surface area (Å²) in [5, 5.41) is 3.99. The average Bonchev–Trinajstić information content (AvgIpc) is 3.00. The second-order valence-corrected chi connectivity index (χ2v) is 4.67. The van der Waals surface area contributed by atoms with E-state index >= 15 is 0 Å². The zero-order valence-corrected chi connectivity index (χ0v) is 11.6. The molecule has 2 heterocycles. The Balaban J connectivity index is 1.66. The van der Waals surface area contributed by atoms with Crippen LogP contribution in [0.2, 0.25) is 0 Å². The number of hydrogen-bond acceptors (Lipinski definition) is 3. The summed E-state index contributed by atoms with van der Waals surface area (Å²) in [6.07, 6.45) is 3.43. The van der Waals surface area contributed by atoms with Gasteiger partial charge < -0.3 is 15.0 Å². The van der Waals surface area contributed by atoms with Gasteiger partial charge in [0.05, 0.1) is 13.3 Å². The van der Waals surface area contributed by atoms with Crippen LogP contribution in [-0.2, 0) is 6.54 Å². The molecule has 1 amide bonds. The molecular weight excluding hydrogens is 266 g/mol. The minimum absolute atomic E-state index is 0.202. The number of pyridine rings is 1. The third kappa shape index (κ3) is 2.86. The normalized spacial score (nSPS) is 10.5. The van der Waals surface area contributed by atoms with Crippen LogP contribution >= 0.6 is 0 Å². The Morgan fingerprint density at radius 1 is 1.29 bits per heavy atom. The minimum Gasteiger partial charge on any atom is -0.495 e. The van der Waals surface area contributed by atoms with E-state index in [0.29, 0.717) is 18.0 Å². The maximum absolute atomic E-state index is 12.0. The van der Waals surface area contributed by atoms with Crippen LogP contribution in [0.15, 0.2) is 48.8 Å². The van der Waals surface area contributed by atoms with Gasteiger partial charge >= 0.3 is 0 Å². The van der Waals surface area contributed by atoms with Gasteiger partial charge in [0.2, 0.25) is 0 Å². The number of aromatic nitrogens is 2. The highest BCUT2D eigenvalue weighted by atomic mass is 16.5. The molecule has 0 spiro atoms. The maximum Gasteiger partial charge on any atom is 0.270 e. The molecule has 0 aliphatic rings. The molecule has 5 nitrogen and oxygen atoms in total. The average molecular weight is 281 g/mol. The molecule has 0 radical (unpaired) electrons. The molecule has 0 saturated carbocycles. The van der Waals surface area contributed by atoms with Crippen LogP contribution in [0.4, 0.5) is 0 Å². The van der Waals surface area contributed by atoms with Crippen molar-refractivity contribution in [2.75, 3.05) is 7.11 Å². The number of aromatic amines is 1. The van der Waals surface area contributed by atoms with Gasteiger partial charge in [-0.3, -0.25) is 4.79 Å². The van der Waals surface area contributed by atoms with Gasteiger partial charge in [0.25, 0.3) is 5.91 Å². The molecule has 3 aromatic rings. The Morgan fingerprint density at radius 3 is 2.95 bits per heavy atom. The van der Waals surface area contributed by atoms with Crippen LogP contribution in [0.1, 0.15) is 16.1 Å². The van der Waals surface area contributed by atoms with E-state index in [1.165, 1.54) is 6.20 Å². The van der Waals surface area contributed by atoms with Crippen molar-refractivity contribution in [2.45, 2.75) is 6.54 Å². The molecule has 0 atom stereocenters. The van der Waals surface area contributed by atoms with E-state index in [4.69, 9.17) is 4.74 Å². The van der Waals surface area contributed by atoms with Gasteiger partial charge in [0, 0.05) is 18.3 Å². The smallest absolute Gasteiger partial charge is 0.270 e. The first-order valence-electron chi connectivity index (χ1n) is 6.60. The number of rotatable bonds is 4. The Kier molecular flexibility index (Phi) is 3.55. The van der Waals surface area contributed by atoms with Crippen molar-refractivity contribution in [1.82, 2.24) is 15.3 Å². The lowest BCUT2D eigenvalue weighted by molar-refractivity contribution is 0.0946. The van der Waals surface area contributed by atoms with Gasteiger partial charge in [-0.2, -0.15) is 0 Å². The Labute approximate surface area is 122 Å². The number of hydrogen-bond donors (Lipinski definition) is 2. The minimum atomic E-state index is -0.202. The summed E-state index contributed by atoms with van der Waals surface area (Å²) in [4.78, 5) is 19.2. The number of nitrogens with zero attached hydrogens (tertiary/aromatic N) is 1. The van der Waals surface area contributed by atoms with E-state index < -0.39 is 0 Å². The van der Waals surface area contributed by atoms with Gasteiger partial charge in [-0.05, 0) is 41.3 Å². The molecule has 2 N–H and O–H groups in total. The maximum atomic E-state index is 12.0. The quantitative estimate of drug-likeness (QED) is 0.772. The summed E-state index contributed by atoms with van der Waals surface area (Å²) in [6, 6.07) is 11.4. The first-order valence-corrected chi connectivity index (χ1v) is 6.60. The zero-order chi connectivity index (χ0) is 14.7. The number of benzene rings is 1. The van der Waals surface area contributed by atoms with Gasteiger partial charge in [0.1, 0.15) is 11.4 Å². The summed E-state index contributed by atoms with van der Waals surface area (Å²) in [7, 11) is 1.56. The largest absolute Gasteiger partial charge is 0.495 e. The molecule has 2 aromatic heterocycles. The fourth-order valence-corrected chi connectivity index (χ4v) is 2.12. The van der Waals surface area contributed by atoms with Crippen molar-refractivity contribution in [2.24, 2.45) is 0 Å². The fraction of sp³-hybridized carbons (Fsp3) is 0.125. The predicted molar refractivity (Wildman–Crippen MR) is 80.3 cm³/mol. The first kappa shape index (κ1) is 13.2. The molecule has 0 bridgehead atoms. The molecule has 0 unspecified atom stereocenters. The van der Waals surface area contributed by atoms with E-state index in [9.17, 15) is 4.79 Å². The van der Waals surface area contributed by atoms with Crippen molar-refractivity contribution in [3.05, 3.63) is 60.0 Å². The highest BCUT2D eigenvalue weighted by molar-refractivity contribution is 5.92. The number of carbonyl (C=O) groups is 1. The summed E-state index contributed by atoms with van der Waals surface area (Å²) in [6.45, 7) is 0.466. The number of amides is 1. The molecule has 5 heteroatoms. The third-order valence-corrected chi connectivity index (χ3v) is 3.28. The lowest BCUT2D eigenvalue weighted by atomic mass is 10.1. The second-order valence-electron chi connectivity index (χ2n) is 4.67. The number of fused-ring (bicyclic) bond motifs is 1. The summed E-state index contributed by atoms with van der Waals surface area (Å²) < 4.78 is 5.01. The molecule has 0 fully saturated rings. The highest BCUT2D eigenvalue weighted by Crippen LogP contribution is 2.14. The molecule has 21 heavy (non-hydrogen) atoms. The van der Waals surface area contributed by atoms with Gasteiger partial charge in [0.15, 0.2) is 0 Å². The molecule has 1 aromatic carbocycles. The molecule has 0 aliphatic heterocycles. The number of H-pyrrole nitrogens is 1. The molecule has 0 saturated heterocycles. The van der Waals surface area contributed by atoms with Crippen molar-refractivity contribution >= 4 is 16.8 Å². The fourth-order valence-electron chi connectivity index (χ4n) is 2.12. The highest BCUT2D eigenvalue weighted by Gasteiger charge is 2.07. The van der Waals surface area contributed by atoms with Crippen LogP contribution in [0.5, 0.6) is 5.75 Å². The van der Waals surface area contributed by atoms with Crippen LogP contribution in [0, 0.1) is 0 Å². The number of nitrogens with one attached hydrogen (secondary N) is 2. The standard InChI is InChI=1S/C16H15N3O2/c1-21-13-3-5-15(18-10-13)16(20)19-9-11-2-4-14-12(8-11)6-7-17-14/h2-8,10,17H,9H2,1H3,(H,19,20). The second kappa shape index (κ2) is 5.66. The lowest BCUT2D eigenvalue weighted by Crippen LogP contribution is -2.23. The van der Waals surface area contributed by atoms with Crippen LogP contribution in [0.25, 0.3) is 10.9 Å². The van der Waals surface area contributed by atoms with E-state index in [1.807, 2.05) is 30.5 Å². The van der Waals surface area contributed by atoms with Gasteiger partial charge in [-0.25, -0.2) is 4.98 Å². The summed E-state index contributed by atoms with van der Waals surface area (Å²) >= 11 is 0. The van der Waals surface area contributed by atoms with Gasteiger partial charge in [-0.1, -0.05) is 6.07 Å². The van der Waals surface area contributed by atoms with E-state index in [2.05, 4.69) is 15.3 Å². The first-order chi connectivity index (χ1) is 10.3. The Bertz CT molecular complexity index is 763.